The summed E-state index contributed by atoms with van der Waals surface area (Å²) in [6, 6.07) is 15.2. The first-order valence-corrected chi connectivity index (χ1v) is 7.58. The number of anilines is 2. The average molecular weight is 296 g/mol. The van der Waals surface area contributed by atoms with Crippen molar-refractivity contribution in [1.82, 2.24) is 0 Å². The van der Waals surface area contributed by atoms with Crippen LogP contribution in [0.25, 0.3) is 0 Å². The molecule has 2 amide bonds. The van der Waals surface area contributed by atoms with E-state index in [9.17, 15) is 9.59 Å². The molecule has 2 aromatic rings. The zero-order valence-corrected chi connectivity index (χ0v) is 11.8. The van der Waals surface area contributed by atoms with Crippen LogP contribution in [0, 0.1) is 0 Å². The van der Waals surface area contributed by atoms with Gasteiger partial charge >= 0.3 is 0 Å². The monoisotopic (exact) mass is 296 g/mol. The SMILES string of the molecule is O=C1Nc2ccccc2S[C@@H]1[C@H]1C(=O)Nc2ccccc21. The number of para-hydroxylation sites is 2. The number of benzene rings is 2. The predicted molar refractivity (Wildman–Crippen MR) is 82.5 cm³/mol. The lowest BCUT2D eigenvalue weighted by molar-refractivity contribution is -0.121. The minimum Gasteiger partial charge on any atom is -0.325 e. The lowest BCUT2D eigenvalue weighted by Crippen LogP contribution is -2.36. The maximum atomic E-state index is 12.4. The standard InChI is InChI=1S/C16H12N2O2S/c19-15-13(9-5-1-2-6-10(9)17-15)14-16(20)18-11-7-3-4-8-12(11)21-14/h1-8,13-14H,(H,17,19)(H,18,20)/t13-,14+/m0/s1. The first-order chi connectivity index (χ1) is 10.2. The molecule has 2 heterocycles. The molecule has 2 atom stereocenters. The van der Waals surface area contributed by atoms with Gasteiger partial charge in [-0.3, -0.25) is 9.59 Å². The normalized spacial score (nSPS) is 23.0. The summed E-state index contributed by atoms with van der Waals surface area (Å²) in [5.74, 6) is -0.668. The summed E-state index contributed by atoms with van der Waals surface area (Å²) in [6.07, 6.45) is 0. The molecule has 2 aromatic carbocycles. The van der Waals surface area contributed by atoms with E-state index in [0.29, 0.717) is 0 Å². The maximum Gasteiger partial charge on any atom is 0.239 e. The van der Waals surface area contributed by atoms with Gasteiger partial charge in [0.15, 0.2) is 0 Å². The molecule has 0 aromatic heterocycles. The highest BCUT2D eigenvalue weighted by Crippen LogP contribution is 2.45. The van der Waals surface area contributed by atoms with Gasteiger partial charge < -0.3 is 10.6 Å². The fourth-order valence-electron chi connectivity index (χ4n) is 2.82. The maximum absolute atomic E-state index is 12.4. The summed E-state index contributed by atoms with van der Waals surface area (Å²) in [5, 5.41) is 5.31. The van der Waals surface area contributed by atoms with Gasteiger partial charge in [0.1, 0.15) is 5.25 Å². The van der Waals surface area contributed by atoms with Gasteiger partial charge in [-0.05, 0) is 23.8 Å². The van der Waals surface area contributed by atoms with E-state index in [1.807, 2.05) is 48.5 Å². The quantitative estimate of drug-likeness (QED) is 0.850. The van der Waals surface area contributed by atoms with Crippen LogP contribution in [0.5, 0.6) is 0 Å². The molecule has 2 aliphatic rings. The minimum atomic E-state index is -0.445. The van der Waals surface area contributed by atoms with Crippen molar-refractivity contribution in [3.05, 3.63) is 54.1 Å². The molecule has 0 radical (unpaired) electrons. The molecule has 0 fully saturated rings. The van der Waals surface area contributed by atoms with Gasteiger partial charge in [-0.25, -0.2) is 0 Å². The molecule has 0 spiro atoms. The summed E-state index contributed by atoms with van der Waals surface area (Å²) < 4.78 is 0. The molecule has 2 N–H and O–H groups in total. The van der Waals surface area contributed by atoms with Crippen molar-refractivity contribution >= 4 is 35.0 Å². The lowest BCUT2D eigenvalue weighted by atomic mass is 9.96. The van der Waals surface area contributed by atoms with E-state index in [1.54, 1.807) is 0 Å². The van der Waals surface area contributed by atoms with E-state index >= 15 is 0 Å². The molecule has 21 heavy (non-hydrogen) atoms. The zero-order chi connectivity index (χ0) is 14.4. The number of carbonyl (C=O) groups is 2. The Balaban J connectivity index is 1.75. The predicted octanol–water partition coefficient (Wildman–Crippen LogP) is 2.84. The molecule has 0 bridgehead atoms. The van der Waals surface area contributed by atoms with Crippen molar-refractivity contribution in [2.24, 2.45) is 0 Å². The lowest BCUT2D eigenvalue weighted by Gasteiger charge is -2.27. The van der Waals surface area contributed by atoms with Crippen LogP contribution in [-0.4, -0.2) is 17.1 Å². The van der Waals surface area contributed by atoms with E-state index in [2.05, 4.69) is 10.6 Å². The Kier molecular flexibility index (Phi) is 2.75. The Morgan fingerprint density at radius 1 is 0.810 bits per heavy atom. The highest BCUT2D eigenvalue weighted by Gasteiger charge is 2.42. The number of nitrogens with one attached hydrogen (secondary N) is 2. The summed E-state index contributed by atoms with van der Waals surface area (Å²) >= 11 is 1.46. The molecule has 2 aliphatic heterocycles. The van der Waals surface area contributed by atoms with Crippen LogP contribution in [0.2, 0.25) is 0 Å². The second-order valence-corrected chi connectivity index (χ2v) is 6.26. The number of carbonyl (C=O) groups excluding carboxylic acids is 2. The molecule has 0 aliphatic carbocycles. The van der Waals surface area contributed by atoms with E-state index < -0.39 is 11.2 Å². The number of thioether (sulfide) groups is 1. The Morgan fingerprint density at radius 2 is 1.48 bits per heavy atom. The summed E-state index contributed by atoms with van der Waals surface area (Å²) in [4.78, 5) is 25.7. The second kappa shape index (κ2) is 4.63. The number of amides is 2. The van der Waals surface area contributed by atoms with Gasteiger partial charge in [-0.2, -0.15) is 0 Å². The van der Waals surface area contributed by atoms with E-state index in [4.69, 9.17) is 0 Å². The molecule has 4 nitrogen and oxygen atoms in total. The van der Waals surface area contributed by atoms with Crippen LogP contribution >= 0.6 is 11.8 Å². The smallest absolute Gasteiger partial charge is 0.239 e. The first kappa shape index (κ1) is 12.5. The Bertz CT molecular complexity index is 759. The van der Waals surface area contributed by atoms with Crippen molar-refractivity contribution in [1.29, 1.82) is 0 Å². The van der Waals surface area contributed by atoms with Gasteiger partial charge in [0.25, 0.3) is 0 Å². The van der Waals surface area contributed by atoms with Gasteiger partial charge in [0.05, 0.1) is 11.6 Å². The second-order valence-electron chi connectivity index (χ2n) is 5.08. The van der Waals surface area contributed by atoms with Gasteiger partial charge in [-0.15, -0.1) is 11.8 Å². The van der Waals surface area contributed by atoms with Gasteiger partial charge in [-0.1, -0.05) is 30.3 Å². The topological polar surface area (TPSA) is 58.2 Å². The fourth-order valence-corrected chi connectivity index (χ4v) is 4.07. The highest BCUT2D eigenvalue weighted by atomic mass is 32.2. The van der Waals surface area contributed by atoms with E-state index in [0.717, 1.165) is 21.8 Å². The minimum absolute atomic E-state index is 0.108. The average Bonchev–Trinajstić information content (AvgIpc) is 2.82. The van der Waals surface area contributed by atoms with Crippen LogP contribution in [-0.2, 0) is 9.59 Å². The molecule has 104 valence electrons. The number of hydrogen-bond donors (Lipinski definition) is 2. The van der Waals surface area contributed by atoms with E-state index in [1.165, 1.54) is 11.8 Å². The number of fused-ring (bicyclic) bond motifs is 2. The summed E-state index contributed by atoms with van der Waals surface area (Å²) in [6.45, 7) is 0. The molecule has 0 saturated carbocycles. The summed E-state index contributed by atoms with van der Waals surface area (Å²) in [7, 11) is 0. The largest absolute Gasteiger partial charge is 0.325 e. The van der Waals surface area contributed by atoms with Crippen molar-refractivity contribution in [2.45, 2.75) is 16.1 Å². The Hall–Kier alpha value is -2.27. The number of rotatable bonds is 1. The van der Waals surface area contributed by atoms with Gasteiger partial charge in [0.2, 0.25) is 11.8 Å². The molecule has 4 rings (SSSR count). The van der Waals surface area contributed by atoms with E-state index in [-0.39, 0.29) is 11.8 Å². The van der Waals surface area contributed by atoms with Crippen LogP contribution in [0.4, 0.5) is 11.4 Å². The third kappa shape index (κ3) is 1.93. The third-order valence-corrected chi connectivity index (χ3v) is 5.15. The van der Waals surface area contributed by atoms with Crippen LogP contribution in [0.3, 0.4) is 0 Å². The molecular weight excluding hydrogens is 284 g/mol. The van der Waals surface area contributed by atoms with Crippen LogP contribution < -0.4 is 10.6 Å². The fraction of sp³-hybridized carbons (Fsp3) is 0.125. The highest BCUT2D eigenvalue weighted by molar-refractivity contribution is 8.01. The van der Waals surface area contributed by atoms with Crippen molar-refractivity contribution in [3.63, 3.8) is 0 Å². The Morgan fingerprint density at radius 3 is 2.33 bits per heavy atom. The van der Waals surface area contributed by atoms with Crippen molar-refractivity contribution < 1.29 is 9.59 Å². The van der Waals surface area contributed by atoms with Crippen LogP contribution in [0.1, 0.15) is 11.5 Å². The number of hydrogen-bond acceptors (Lipinski definition) is 3. The molecule has 0 unspecified atom stereocenters. The van der Waals surface area contributed by atoms with Crippen LogP contribution in [0.15, 0.2) is 53.4 Å². The summed E-state index contributed by atoms with van der Waals surface area (Å²) in [5.41, 5.74) is 2.52. The van der Waals surface area contributed by atoms with Crippen molar-refractivity contribution in [3.8, 4) is 0 Å². The van der Waals surface area contributed by atoms with Gasteiger partial charge in [0, 0.05) is 10.6 Å². The molecule has 0 saturated heterocycles. The molecular formula is C16H12N2O2S. The zero-order valence-electron chi connectivity index (χ0n) is 11.0. The van der Waals surface area contributed by atoms with Crippen molar-refractivity contribution in [2.75, 3.05) is 10.6 Å². The molecule has 5 heteroatoms. The third-order valence-electron chi connectivity index (χ3n) is 3.80. The Labute approximate surface area is 125 Å². The first-order valence-electron chi connectivity index (χ1n) is 6.70.